The fourth-order valence-electron chi connectivity index (χ4n) is 2.77. The van der Waals surface area contributed by atoms with Crippen LogP contribution in [0.2, 0.25) is 0 Å². The van der Waals surface area contributed by atoms with E-state index in [0.29, 0.717) is 30.0 Å². The summed E-state index contributed by atoms with van der Waals surface area (Å²) in [6, 6.07) is 13.0. The molecule has 0 unspecified atom stereocenters. The van der Waals surface area contributed by atoms with Gasteiger partial charge >= 0.3 is 0 Å². The highest BCUT2D eigenvalue weighted by atomic mass is 35.5. The first-order valence-corrected chi connectivity index (χ1v) is 9.84. The lowest BCUT2D eigenvalue weighted by molar-refractivity contribution is 0.353. The first-order valence-electron chi connectivity index (χ1n) is 8.40. The molecule has 8 heteroatoms. The van der Waals surface area contributed by atoms with Crippen molar-refractivity contribution in [3.05, 3.63) is 53.6 Å². The zero-order valence-corrected chi connectivity index (χ0v) is 17.5. The molecule has 27 heavy (non-hydrogen) atoms. The molecule has 0 aromatic heterocycles. The number of sulfonamides is 1. The molecule has 0 spiro atoms. The first kappa shape index (κ1) is 23.2. The minimum atomic E-state index is -3.70. The summed E-state index contributed by atoms with van der Waals surface area (Å²) in [7, 11) is -0.701. The molecule has 2 rings (SSSR count). The van der Waals surface area contributed by atoms with Crippen molar-refractivity contribution in [1.29, 1.82) is 0 Å². The molecule has 150 valence electrons. The third-order valence-corrected chi connectivity index (χ3v) is 6.21. The Kier molecular flexibility index (Phi) is 9.05. The van der Waals surface area contributed by atoms with Crippen LogP contribution in [0, 0.1) is 6.92 Å². The van der Waals surface area contributed by atoms with Crippen LogP contribution in [0.25, 0.3) is 0 Å². The minimum Gasteiger partial charge on any atom is -0.493 e. The van der Waals surface area contributed by atoms with Gasteiger partial charge in [-0.25, -0.2) is 8.42 Å². The van der Waals surface area contributed by atoms with E-state index < -0.39 is 10.0 Å². The van der Waals surface area contributed by atoms with Gasteiger partial charge in [-0.15, -0.1) is 12.4 Å². The Morgan fingerprint density at radius 2 is 1.59 bits per heavy atom. The average molecular weight is 415 g/mol. The van der Waals surface area contributed by atoms with E-state index in [2.05, 4.69) is 0 Å². The van der Waals surface area contributed by atoms with Gasteiger partial charge in [0.15, 0.2) is 11.5 Å². The van der Waals surface area contributed by atoms with E-state index in [0.717, 1.165) is 5.56 Å². The van der Waals surface area contributed by atoms with Crippen molar-refractivity contribution in [2.45, 2.75) is 18.2 Å². The zero-order chi connectivity index (χ0) is 19.2. The van der Waals surface area contributed by atoms with E-state index in [-0.39, 0.29) is 30.4 Å². The Morgan fingerprint density at radius 1 is 1.00 bits per heavy atom. The molecule has 0 radical (unpaired) electrons. The number of hydrogen-bond donors (Lipinski definition) is 1. The normalized spacial score (nSPS) is 11.1. The number of methoxy groups -OCH3 is 2. The topological polar surface area (TPSA) is 81.9 Å². The number of benzene rings is 2. The molecular weight excluding hydrogens is 388 g/mol. The van der Waals surface area contributed by atoms with Crippen LogP contribution in [0.3, 0.4) is 0 Å². The second kappa shape index (κ2) is 10.5. The van der Waals surface area contributed by atoms with Gasteiger partial charge in [-0.05, 0) is 30.5 Å². The van der Waals surface area contributed by atoms with E-state index >= 15 is 0 Å². The van der Waals surface area contributed by atoms with Crippen LogP contribution in [-0.2, 0) is 16.4 Å². The van der Waals surface area contributed by atoms with Crippen LogP contribution in [-0.4, -0.2) is 46.6 Å². The lowest BCUT2D eigenvalue weighted by Gasteiger charge is -2.23. The molecule has 0 atom stereocenters. The van der Waals surface area contributed by atoms with Crippen molar-refractivity contribution >= 4 is 22.4 Å². The maximum absolute atomic E-state index is 13.2. The fraction of sp³-hybridized carbons (Fsp3) is 0.368. The molecule has 0 saturated heterocycles. The van der Waals surface area contributed by atoms with Gasteiger partial charge in [0, 0.05) is 25.7 Å². The van der Waals surface area contributed by atoms with Crippen LogP contribution in [0.15, 0.2) is 47.4 Å². The maximum atomic E-state index is 13.2. The van der Waals surface area contributed by atoms with Gasteiger partial charge in [0.2, 0.25) is 10.0 Å². The van der Waals surface area contributed by atoms with Crippen LogP contribution < -0.4 is 15.2 Å². The highest BCUT2D eigenvalue weighted by molar-refractivity contribution is 7.89. The summed E-state index contributed by atoms with van der Waals surface area (Å²) < 4.78 is 38.3. The Bertz CT molecular complexity index is 829. The third-order valence-electron chi connectivity index (χ3n) is 4.17. The molecular formula is C19H27ClN2O4S. The summed E-state index contributed by atoms with van der Waals surface area (Å²) in [4.78, 5) is 0.205. The SMILES string of the molecule is COc1cc(C)c(S(=O)(=O)N(CCN)CCc2ccccc2)cc1OC.Cl. The lowest BCUT2D eigenvalue weighted by atomic mass is 10.1. The second-order valence-electron chi connectivity index (χ2n) is 5.90. The first-order chi connectivity index (χ1) is 12.4. The predicted octanol–water partition coefficient (Wildman–Crippen LogP) is 2.63. The van der Waals surface area contributed by atoms with Gasteiger partial charge < -0.3 is 15.2 Å². The van der Waals surface area contributed by atoms with Gasteiger partial charge in [-0.1, -0.05) is 30.3 Å². The van der Waals surface area contributed by atoms with Crippen LogP contribution >= 0.6 is 12.4 Å². The zero-order valence-electron chi connectivity index (χ0n) is 15.8. The van der Waals surface area contributed by atoms with Gasteiger partial charge in [-0.2, -0.15) is 4.31 Å². The van der Waals surface area contributed by atoms with E-state index in [4.69, 9.17) is 15.2 Å². The summed E-state index contributed by atoms with van der Waals surface area (Å²) in [5, 5.41) is 0. The third kappa shape index (κ3) is 5.59. The second-order valence-corrected chi connectivity index (χ2v) is 7.81. The molecule has 0 fully saturated rings. The molecule has 2 aromatic carbocycles. The quantitative estimate of drug-likeness (QED) is 0.682. The van der Waals surface area contributed by atoms with Crippen molar-refractivity contribution < 1.29 is 17.9 Å². The molecule has 0 bridgehead atoms. The molecule has 0 aliphatic carbocycles. The van der Waals surface area contributed by atoms with E-state index in [1.54, 1.807) is 13.0 Å². The summed E-state index contributed by atoms with van der Waals surface area (Å²) in [5.74, 6) is 0.881. The molecule has 0 aliphatic rings. The van der Waals surface area contributed by atoms with Crippen LogP contribution in [0.5, 0.6) is 11.5 Å². The van der Waals surface area contributed by atoms with Crippen molar-refractivity contribution in [2.24, 2.45) is 5.73 Å². The van der Waals surface area contributed by atoms with Crippen LogP contribution in [0.4, 0.5) is 0 Å². The smallest absolute Gasteiger partial charge is 0.243 e. The number of nitrogens with zero attached hydrogens (tertiary/aromatic N) is 1. The van der Waals surface area contributed by atoms with Gasteiger partial charge in [0.1, 0.15) is 0 Å². The van der Waals surface area contributed by atoms with E-state index in [1.165, 1.54) is 24.6 Å². The van der Waals surface area contributed by atoms with E-state index in [9.17, 15) is 8.42 Å². The Hall–Kier alpha value is -1.80. The highest BCUT2D eigenvalue weighted by Crippen LogP contribution is 2.33. The largest absolute Gasteiger partial charge is 0.493 e. The molecule has 0 aliphatic heterocycles. The summed E-state index contributed by atoms with van der Waals surface area (Å²) >= 11 is 0. The Morgan fingerprint density at radius 3 is 2.15 bits per heavy atom. The Labute approximate surface area is 167 Å². The molecule has 2 N–H and O–H groups in total. The fourth-order valence-corrected chi connectivity index (χ4v) is 4.45. The summed E-state index contributed by atoms with van der Waals surface area (Å²) in [5.41, 5.74) is 7.34. The van der Waals surface area contributed by atoms with Crippen LogP contribution in [0.1, 0.15) is 11.1 Å². The van der Waals surface area contributed by atoms with Gasteiger partial charge in [-0.3, -0.25) is 0 Å². The standard InChI is InChI=1S/C19H26N2O4S.ClH/c1-15-13-17(24-2)18(25-3)14-19(15)26(22,23)21(12-10-20)11-9-16-7-5-4-6-8-16;/h4-8,13-14H,9-12,20H2,1-3H3;1H. The minimum absolute atomic E-state index is 0. The number of halogens is 1. The maximum Gasteiger partial charge on any atom is 0.243 e. The summed E-state index contributed by atoms with van der Waals surface area (Å²) in [6.07, 6.45) is 0.617. The average Bonchev–Trinajstić information content (AvgIpc) is 2.65. The highest BCUT2D eigenvalue weighted by Gasteiger charge is 2.27. The predicted molar refractivity (Wildman–Crippen MR) is 109 cm³/mol. The molecule has 0 heterocycles. The van der Waals surface area contributed by atoms with Gasteiger partial charge in [0.25, 0.3) is 0 Å². The number of nitrogens with two attached hydrogens (primary N) is 1. The van der Waals surface area contributed by atoms with E-state index in [1.807, 2.05) is 30.3 Å². The monoisotopic (exact) mass is 414 g/mol. The van der Waals surface area contributed by atoms with Gasteiger partial charge in [0.05, 0.1) is 19.1 Å². The number of hydrogen-bond acceptors (Lipinski definition) is 5. The van der Waals surface area contributed by atoms with Crippen molar-refractivity contribution in [3.63, 3.8) is 0 Å². The van der Waals surface area contributed by atoms with Crippen molar-refractivity contribution in [3.8, 4) is 11.5 Å². The molecule has 0 amide bonds. The van der Waals surface area contributed by atoms with Crippen molar-refractivity contribution in [1.82, 2.24) is 4.31 Å². The molecule has 0 saturated carbocycles. The lowest BCUT2D eigenvalue weighted by Crippen LogP contribution is -2.37. The summed E-state index contributed by atoms with van der Waals surface area (Å²) in [6.45, 7) is 2.60. The number of ether oxygens (including phenoxy) is 2. The molecule has 2 aromatic rings. The van der Waals surface area contributed by atoms with Crippen molar-refractivity contribution in [2.75, 3.05) is 33.9 Å². The number of aryl methyl sites for hydroxylation is 1. The number of rotatable bonds is 9. The molecule has 6 nitrogen and oxygen atoms in total. The Balaban J connectivity index is 0.00000364.